The van der Waals surface area contributed by atoms with Crippen LogP contribution in [0, 0.1) is 0 Å². The van der Waals surface area contributed by atoms with Gasteiger partial charge in [0.2, 0.25) is 0 Å². The molecule has 0 saturated carbocycles. The Hall–Kier alpha value is -1.62. The van der Waals surface area contributed by atoms with Gasteiger partial charge in [0.25, 0.3) is 0 Å². The number of fused-ring (bicyclic) bond motifs is 3. The molecule has 0 unspecified atom stereocenters. The first kappa shape index (κ1) is 14.3. The van der Waals surface area contributed by atoms with Gasteiger partial charge in [-0.05, 0) is 26.8 Å². The molecule has 0 aromatic carbocycles. The molecular weight excluding hydrogens is 266 g/mol. The predicted molar refractivity (Wildman–Crippen MR) is 82.2 cm³/mol. The van der Waals surface area contributed by atoms with Gasteiger partial charge in [-0.2, -0.15) is 0 Å². The molecule has 1 aromatic rings. The molecule has 0 radical (unpaired) electrons. The maximum atomic E-state index is 11.5. The zero-order valence-electron chi connectivity index (χ0n) is 13.0. The first-order valence-electron chi connectivity index (χ1n) is 7.70. The molecule has 0 amide bonds. The lowest BCUT2D eigenvalue weighted by molar-refractivity contribution is 0.101. The Balaban J connectivity index is 1.89. The van der Waals surface area contributed by atoms with Gasteiger partial charge in [-0.15, -0.1) is 0 Å². The Kier molecular flexibility index (Phi) is 3.85. The Bertz CT molecular complexity index is 544. The summed E-state index contributed by atoms with van der Waals surface area (Å²) in [4.78, 5) is 20.9. The minimum Gasteiger partial charge on any atom is -0.490 e. The van der Waals surface area contributed by atoms with Gasteiger partial charge in [0.1, 0.15) is 0 Å². The van der Waals surface area contributed by atoms with Gasteiger partial charge in [0.15, 0.2) is 17.4 Å². The van der Waals surface area contributed by atoms with Crippen molar-refractivity contribution in [1.82, 2.24) is 9.88 Å². The molecule has 5 heteroatoms. The van der Waals surface area contributed by atoms with E-state index in [2.05, 4.69) is 28.6 Å². The maximum absolute atomic E-state index is 11.5. The van der Waals surface area contributed by atoms with Gasteiger partial charge >= 0.3 is 0 Å². The molecule has 2 aliphatic heterocycles. The number of rotatable bonds is 2. The SMILES string of the molecule is CC(=O)c1cnc2c(c1)OCC[C@H]1CN(C(C)C)CCN21. The molecule has 21 heavy (non-hydrogen) atoms. The number of piperazine rings is 1. The maximum Gasteiger partial charge on any atom is 0.171 e. The first-order chi connectivity index (χ1) is 10.1. The molecule has 1 fully saturated rings. The van der Waals surface area contributed by atoms with Gasteiger partial charge < -0.3 is 9.64 Å². The number of pyridine rings is 1. The minimum atomic E-state index is 0.0272. The van der Waals surface area contributed by atoms with Crippen molar-refractivity contribution in [3.8, 4) is 5.75 Å². The summed E-state index contributed by atoms with van der Waals surface area (Å²) in [6, 6.07) is 2.85. The third kappa shape index (κ3) is 2.75. The number of carbonyl (C=O) groups excluding carboxylic acids is 1. The van der Waals surface area contributed by atoms with Gasteiger partial charge in [0, 0.05) is 49.9 Å². The van der Waals surface area contributed by atoms with Crippen molar-refractivity contribution >= 4 is 11.6 Å². The zero-order valence-corrected chi connectivity index (χ0v) is 13.0. The van der Waals surface area contributed by atoms with E-state index in [0.717, 1.165) is 37.6 Å². The Morgan fingerprint density at radius 2 is 2.24 bits per heavy atom. The Morgan fingerprint density at radius 3 is 2.95 bits per heavy atom. The smallest absolute Gasteiger partial charge is 0.171 e. The molecule has 5 nitrogen and oxygen atoms in total. The van der Waals surface area contributed by atoms with Crippen molar-refractivity contribution in [1.29, 1.82) is 0 Å². The highest BCUT2D eigenvalue weighted by atomic mass is 16.5. The minimum absolute atomic E-state index is 0.0272. The molecule has 1 saturated heterocycles. The highest BCUT2D eigenvalue weighted by Crippen LogP contribution is 2.33. The van der Waals surface area contributed by atoms with E-state index in [9.17, 15) is 4.79 Å². The predicted octanol–water partition coefficient (Wildman–Crippen LogP) is 1.97. The van der Waals surface area contributed by atoms with Crippen LogP contribution in [0.25, 0.3) is 0 Å². The second kappa shape index (κ2) is 5.64. The second-order valence-corrected chi connectivity index (χ2v) is 6.17. The van der Waals surface area contributed by atoms with Gasteiger partial charge in [-0.3, -0.25) is 9.69 Å². The first-order valence-corrected chi connectivity index (χ1v) is 7.70. The lowest BCUT2D eigenvalue weighted by Crippen LogP contribution is -2.55. The Morgan fingerprint density at radius 1 is 1.43 bits per heavy atom. The van der Waals surface area contributed by atoms with Gasteiger partial charge in [-0.25, -0.2) is 4.98 Å². The van der Waals surface area contributed by atoms with Crippen LogP contribution in [0.15, 0.2) is 12.3 Å². The van der Waals surface area contributed by atoms with Gasteiger partial charge in [0.05, 0.1) is 6.61 Å². The summed E-state index contributed by atoms with van der Waals surface area (Å²) < 4.78 is 5.85. The number of carbonyl (C=O) groups is 1. The number of nitrogens with zero attached hydrogens (tertiary/aromatic N) is 3. The van der Waals surface area contributed by atoms with Crippen LogP contribution >= 0.6 is 0 Å². The molecule has 1 aromatic heterocycles. The molecule has 0 N–H and O–H groups in total. The molecule has 114 valence electrons. The summed E-state index contributed by atoms with van der Waals surface area (Å²) in [6.07, 6.45) is 2.66. The van der Waals surface area contributed by atoms with E-state index in [-0.39, 0.29) is 5.78 Å². The molecule has 0 bridgehead atoms. The number of hydrogen-bond donors (Lipinski definition) is 0. The summed E-state index contributed by atoms with van der Waals surface area (Å²) in [5.41, 5.74) is 0.619. The van der Waals surface area contributed by atoms with Crippen LogP contribution in [0.5, 0.6) is 5.75 Å². The van der Waals surface area contributed by atoms with Crippen molar-refractivity contribution in [2.45, 2.75) is 39.3 Å². The lowest BCUT2D eigenvalue weighted by atomic mass is 10.1. The van der Waals surface area contributed by atoms with E-state index < -0.39 is 0 Å². The van der Waals surface area contributed by atoms with E-state index in [4.69, 9.17) is 4.74 Å². The fourth-order valence-electron chi connectivity index (χ4n) is 3.13. The molecule has 0 spiro atoms. The van der Waals surface area contributed by atoms with Crippen molar-refractivity contribution in [2.75, 3.05) is 31.1 Å². The third-order valence-electron chi connectivity index (χ3n) is 4.46. The van der Waals surface area contributed by atoms with Crippen LogP contribution in [0.3, 0.4) is 0 Å². The number of ketones is 1. The van der Waals surface area contributed by atoms with Crippen LogP contribution in [0.4, 0.5) is 5.82 Å². The highest BCUT2D eigenvalue weighted by Gasteiger charge is 2.32. The van der Waals surface area contributed by atoms with E-state index in [1.165, 1.54) is 0 Å². The fourth-order valence-corrected chi connectivity index (χ4v) is 3.13. The molecule has 2 aliphatic rings. The molecule has 0 aliphatic carbocycles. The summed E-state index contributed by atoms with van der Waals surface area (Å²) >= 11 is 0. The van der Waals surface area contributed by atoms with E-state index in [1.54, 1.807) is 13.1 Å². The van der Waals surface area contributed by atoms with E-state index in [1.807, 2.05) is 6.07 Å². The largest absolute Gasteiger partial charge is 0.490 e. The van der Waals surface area contributed by atoms with E-state index in [0.29, 0.717) is 24.3 Å². The summed E-state index contributed by atoms with van der Waals surface area (Å²) in [5, 5.41) is 0. The molecule has 3 rings (SSSR count). The van der Waals surface area contributed by atoms with Crippen LogP contribution in [-0.2, 0) is 0 Å². The molecule has 3 heterocycles. The average Bonchev–Trinajstić information content (AvgIpc) is 2.64. The second-order valence-electron chi connectivity index (χ2n) is 6.17. The van der Waals surface area contributed by atoms with Crippen molar-refractivity contribution in [3.63, 3.8) is 0 Å². The number of Topliss-reactive ketones (excluding diaryl/α,β-unsaturated/α-hetero) is 1. The van der Waals surface area contributed by atoms with Crippen molar-refractivity contribution in [3.05, 3.63) is 17.8 Å². The standard InChI is InChI=1S/C16H23N3O2/c1-11(2)18-5-6-19-14(10-18)4-7-21-15-8-13(12(3)20)9-17-16(15)19/h8-9,11,14H,4-7,10H2,1-3H3/t14-/m0/s1. The van der Waals surface area contributed by atoms with Crippen LogP contribution in [0.1, 0.15) is 37.6 Å². The monoisotopic (exact) mass is 289 g/mol. The van der Waals surface area contributed by atoms with Crippen LogP contribution in [-0.4, -0.2) is 54.0 Å². The average molecular weight is 289 g/mol. The quantitative estimate of drug-likeness (QED) is 0.779. The van der Waals surface area contributed by atoms with E-state index >= 15 is 0 Å². The summed E-state index contributed by atoms with van der Waals surface area (Å²) in [7, 11) is 0. The normalized spacial score (nSPS) is 22.3. The topological polar surface area (TPSA) is 45.7 Å². The van der Waals surface area contributed by atoms with Crippen LogP contribution in [0.2, 0.25) is 0 Å². The number of ether oxygens (including phenoxy) is 1. The summed E-state index contributed by atoms with van der Waals surface area (Å²) in [5.74, 6) is 1.67. The number of hydrogen-bond acceptors (Lipinski definition) is 5. The summed E-state index contributed by atoms with van der Waals surface area (Å²) in [6.45, 7) is 9.79. The number of aromatic nitrogens is 1. The zero-order chi connectivity index (χ0) is 15.0. The fraction of sp³-hybridized carbons (Fsp3) is 0.625. The third-order valence-corrected chi connectivity index (χ3v) is 4.46. The van der Waals surface area contributed by atoms with Gasteiger partial charge in [-0.1, -0.05) is 0 Å². The molecular formula is C16H23N3O2. The lowest BCUT2D eigenvalue weighted by Gasteiger charge is -2.42. The van der Waals surface area contributed by atoms with Crippen molar-refractivity contribution < 1.29 is 9.53 Å². The number of anilines is 1. The molecule has 1 atom stereocenters. The van der Waals surface area contributed by atoms with Crippen molar-refractivity contribution in [2.24, 2.45) is 0 Å². The Labute approximate surface area is 125 Å². The highest BCUT2D eigenvalue weighted by molar-refractivity contribution is 5.94. The van der Waals surface area contributed by atoms with Crippen LogP contribution < -0.4 is 9.64 Å².